The zero-order chi connectivity index (χ0) is 13.7. The summed E-state index contributed by atoms with van der Waals surface area (Å²) in [5.74, 6) is -0.0234. The molecule has 0 aliphatic carbocycles. The van der Waals surface area contributed by atoms with Crippen LogP contribution in [0.5, 0.6) is 11.5 Å². The summed E-state index contributed by atoms with van der Waals surface area (Å²) in [6.07, 6.45) is 1.56. The quantitative estimate of drug-likeness (QED) is 0.859. The number of carbonyl (C=O) groups excluding carboxylic acids is 1. The van der Waals surface area contributed by atoms with E-state index in [1.807, 2.05) is 0 Å². The number of ether oxygens (including phenoxy) is 1. The van der Waals surface area contributed by atoms with Gasteiger partial charge in [-0.1, -0.05) is 0 Å². The highest BCUT2D eigenvalue weighted by molar-refractivity contribution is 5.96. The molecule has 0 aliphatic rings. The summed E-state index contributed by atoms with van der Waals surface area (Å²) in [5.41, 5.74) is 0.827. The van der Waals surface area contributed by atoms with Crippen LogP contribution in [0.1, 0.15) is 16.1 Å². The van der Waals surface area contributed by atoms with Crippen LogP contribution < -0.4 is 10.1 Å². The van der Waals surface area contributed by atoms with Crippen LogP contribution in [0.4, 0.5) is 0 Å². The second-order valence-corrected chi connectivity index (χ2v) is 3.78. The van der Waals surface area contributed by atoms with Crippen LogP contribution in [-0.4, -0.2) is 28.3 Å². The highest BCUT2D eigenvalue weighted by atomic mass is 16.5. The average molecular weight is 259 g/mol. The van der Waals surface area contributed by atoms with Crippen LogP contribution in [0.25, 0.3) is 0 Å². The Kier molecular flexibility index (Phi) is 3.92. The summed E-state index contributed by atoms with van der Waals surface area (Å²) >= 11 is 0. The number of carbonyl (C=O) groups is 1. The van der Waals surface area contributed by atoms with Gasteiger partial charge in [0.25, 0.3) is 5.91 Å². The van der Waals surface area contributed by atoms with Gasteiger partial charge in [0.05, 0.1) is 24.9 Å². The summed E-state index contributed by atoms with van der Waals surface area (Å²) in [7, 11) is 1.49. The molecular weight excluding hydrogens is 246 g/mol. The number of benzene rings is 1. The number of hydrogen-bond donors (Lipinski definition) is 2. The third-order valence-corrected chi connectivity index (χ3v) is 2.51. The topological polar surface area (TPSA) is 84.3 Å². The lowest BCUT2D eigenvalue weighted by molar-refractivity contribution is 0.0947. The van der Waals surface area contributed by atoms with Crippen molar-refractivity contribution < 1.29 is 14.6 Å². The Labute approximate surface area is 110 Å². The third-order valence-electron chi connectivity index (χ3n) is 2.51. The van der Waals surface area contributed by atoms with Gasteiger partial charge in [0, 0.05) is 12.3 Å². The van der Waals surface area contributed by atoms with Gasteiger partial charge in [0.15, 0.2) is 0 Å². The van der Waals surface area contributed by atoms with Crippen LogP contribution in [0, 0.1) is 0 Å². The van der Waals surface area contributed by atoms with Crippen LogP contribution in [-0.2, 0) is 6.54 Å². The number of phenols is 1. The number of rotatable bonds is 4. The molecule has 0 saturated carbocycles. The fraction of sp³-hybridized carbons (Fsp3) is 0.154. The molecule has 98 valence electrons. The van der Waals surface area contributed by atoms with Crippen LogP contribution >= 0.6 is 0 Å². The molecule has 1 aromatic carbocycles. The van der Waals surface area contributed by atoms with E-state index in [0.29, 0.717) is 11.4 Å². The Morgan fingerprint density at radius 3 is 2.89 bits per heavy atom. The van der Waals surface area contributed by atoms with Gasteiger partial charge in [0.1, 0.15) is 11.5 Å². The van der Waals surface area contributed by atoms with Gasteiger partial charge in [-0.15, -0.1) is 0 Å². The first-order valence-corrected chi connectivity index (χ1v) is 5.62. The Bertz CT molecular complexity index is 573. The van der Waals surface area contributed by atoms with Crippen molar-refractivity contribution in [1.82, 2.24) is 15.5 Å². The van der Waals surface area contributed by atoms with E-state index in [2.05, 4.69) is 15.5 Å². The maximum Gasteiger partial charge on any atom is 0.255 e. The first-order chi connectivity index (χ1) is 9.20. The molecule has 0 radical (unpaired) electrons. The molecule has 2 N–H and O–H groups in total. The van der Waals surface area contributed by atoms with Gasteiger partial charge in [-0.05, 0) is 24.3 Å². The Morgan fingerprint density at radius 1 is 1.42 bits per heavy atom. The molecule has 19 heavy (non-hydrogen) atoms. The number of hydrogen-bond acceptors (Lipinski definition) is 5. The van der Waals surface area contributed by atoms with Crippen LogP contribution in [0.15, 0.2) is 36.5 Å². The van der Waals surface area contributed by atoms with Gasteiger partial charge >= 0.3 is 0 Å². The lowest BCUT2D eigenvalue weighted by Crippen LogP contribution is -2.23. The number of amides is 1. The van der Waals surface area contributed by atoms with Gasteiger partial charge in [-0.25, -0.2) is 0 Å². The summed E-state index contributed by atoms with van der Waals surface area (Å²) in [6.45, 7) is 0.248. The average Bonchev–Trinajstić information content (AvgIpc) is 2.45. The first-order valence-electron chi connectivity index (χ1n) is 5.62. The van der Waals surface area contributed by atoms with Gasteiger partial charge < -0.3 is 15.2 Å². The molecule has 0 saturated heterocycles. The molecule has 6 heteroatoms. The second-order valence-electron chi connectivity index (χ2n) is 3.78. The van der Waals surface area contributed by atoms with E-state index < -0.39 is 0 Å². The van der Waals surface area contributed by atoms with Crippen molar-refractivity contribution in [1.29, 1.82) is 0 Å². The van der Waals surface area contributed by atoms with Crippen molar-refractivity contribution in [2.75, 3.05) is 7.11 Å². The molecule has 0 unspecified atom stereocenters. The van der Waals surface area contributed by atoms with E-state index in [0.717, 1.165) is 0 Å². The number of aromatic hydroxyl groups is 1. The molecular formula is C13H13N3O3. The van der Waals surface area contributed by atoms with Crippen molar-refractivity contribution in [3.63, 3.8) is 0 Å². The zero-order valence-electron chi connectivity index (χ0n) is 10.3. The van der Waals surface area contributed by atoms with E-state index >= 15 is 0 Å². The summed E-state index contributed by atoms with van der Waals surface area (Å²) in [6, 6.07) is 7.98. The lowest BCUT2D eigenvalue weighted by atomic mass is 10.1. The highest BCUT2D eigenvalue weighted by Gasteiger charge is 2.11. The smallest absolute Gasteiger partial charge is 0.255 e. The van der Waals surface area contributed by atoms with Gasteiger partial charge in [-0.3, -0.25) is 4.79 Å². The molecule has 1 heterocycles. The summed E-state index contributed by atoms with van der Waals surface area (Å²) < 4.78 is 4.95. The highest BCUT2D eigenvalue weighted by Crippen LogP contribution is 2.23. The third kappa shape index (κ3) is 3.19. The van der Waals surface area contributed by atoms with E-state index in [-0.39, 0.29) is 23.8 Å². The van der Waals surface area contributed by atoms with E-state index in [1.54, 1.807) is 24.4 Å². The number of nitrogens with one attached hydrogen (secondary N) is 1. The normalized spacial score (nSPS) is 9.95. The molecule has 0 atom stereocenters. The van der Waals surface area contributed by atoms with Crippen molar-refractivity contribution in [2.24, 2.45) is 0 Å². The molecule has 1 aromatic heterocycles. The molecule has 6 nitrogen and oxygen atoms in total. The second kappa shape index (κ2) is 5.81. The summed E-state index contributed by atoms with van der Waals surface area (Å²) in [4.78, 5) is 11.9. The minimum atomic E-state index is -0.384. The number of aromatic nitrogens is 2. The largest absolute Gasteiger partial charge is 0.507 e. The monoisotopic (exact) mass is 259 g/mol. The molecule has 0 fully saturated rings. The van der Waals surface area contributed by atoms with E-state index in [4.69, 9.17) is 4.74 Å². The SMILES string of the molecule is COc1ccc(C(=O)NCc2cccnn2)c(O)c1. The fourth-order valence-electron chi connectivity index (χ4n) is 1.52. The molecule has 2 aromatic rings. The Hall–Kier alpha value is -2.63. The van der Waals surface area contributed by atoms with Crippen LogP contribution in [0.3, 0.4) is 0 Å². The first kappa shape index (κ1) is 12.8. The molecule has 0 aliphatic heterocycles. The number of phenolic OH excluding ortho intramolecular Hbond substituents is 1. The number of methoxy groups -OCH3 is 1. The van der Waals surface area contributed by atoms with Crippen LogP contribution in [0.2, 0.25) is 0 Å². The molecule has 0 bridgehead atoms. The molecule has 1 amide bonds. The van der Waals surface area contributed by atoms with Gasteiger partial charge in [-0.2, -0.15) is 10.2 Å². The van der Waals surface area contributed by atoms with E-state index in [9.17, 15) is 9.90 Å². The zero-order valence-corrected chi connectivity index (χ0v) is 10.3. The van der Waals surface area contributed by atoms with Gasteiger partial charge in [0.2, 0.25) is 0 Å². The molecule has 2 rings (SSSR count). The maximum absolute atomic E-state index is 11.9. The van der Waals surface area contributed by atoms with E-state index in [1.165, 1.54) is 19.2 Å². The van der Waals surface area contributed by atoms with Crippen molar-refractivity contribution in [3.05, 3.63) is 47.8 Å². The van der Waals surface area contributed by atoms with Crippen molar-refractivity contribution in [2.45, 2.75) is 6.54 Å². The predicted octanol–water partition coefficient (Wildman–Crippen LogP) is 1.12. The van der Waals surface area contributed by atoms with Crippen molar-refractivity contribution >= 4 is 5.91 Å². The fourth-order valence-corrected chi connectivity index (χ4v) is 1.52. The maximum atomic E-state index is 11.9. The Balaban J connectivity index is 2.04. The lowest BCUT2D eigenvalue weighted by Gasteiger charge is -2.07. The molecule has 0 spiro atoms. The summed E-state index contributed by atoms with van der Waals surface area (Å²) in [5, 5.41) is 19.9. The predicted molar refractivity (Wildman–Crippen MR) is 67.9 cm³/mol. The Morgan fingerprint density at radius 2 is 2.26 bits per heavy atom. The minimum Gasteiger partial charge on any atom is -0.507 e. The minimum absolute atomic E-state index is 0.129. The number of nitrogens with zero attached hydrogens (tertiary/aromatic N) is 2. The standard InChI is InChI=1S/C13H13N3O3/c1-19-10-4-5-11(12(17)7-10)13(18)14-8-9-3-2-6-15-16-9/h2-7,17H,8H2,1H3,(H,14,18). The van der Waals surface area contributed by atoms with Crippen molar-refractivity contribution in [3.8, 4) is 11.5 Å².